The fourth-order valence-corrected chi connectivity index (χ4v) is 8.71. The molecule has 24 heteroatoms. The summed E-state index contributed by atoms with van der Waals surface area (Å²) in [6.45, 7) is 2.74. The Hall–Kier alpha value is -5.11. The maximum Gasteiger partial charge on any atom is 0.573 e. The number of aromatic nitrogens is 5. The van der Waals surface area contributed by atoms with E-state index in [1.165, 1.54) is 78.0 Å². The lowest BCUT2D eigenvalue weighted by atomic mass is 10.0. The molecule has 1 aliphatic carbocycles. The first-order valence-corrected chi connectivity index (χ1v) is 22.7. The highest BCUT2D eigenvalue weighted by Crippen LogP contribution is 2.41. The number of carbonyl (C=O) groups excluding carboxylic acids is 2. The number of ether oxygens (including phenoxy) is 4. The summed E-state index contributed by atoms with van der Waals surface area (Å²) in [5.41, 5.74) is 0.782. The topological polar surface area (TPSA) is 164 Å². The number of aryl methyl sites for hydroxylation is 2. The van der Waals surface area contributed by atoms with Crippen LogP contribution in [0.4, 0.5) is 26.3 Å². The summed E-state index contributed by atoms with van der Waals surface area (Å²) in [7, 11) is 4.58. The van der Waals surface area contributed by atoms with Crippen LogP contribution in [0.3, 0.4) is 0 Å². The largest absolute Gasteiger partial charge is 0.573 e. The molecule has 352 valence electrons. The fourth-order valence-electron chi connectivity index (χ4n) is 6.88. The maximum atomic E-state index is 13.1. The van der Waals surface area contributed by atoms with Crippen molar-refractivity contribution in [2.75, 3.05) is 18.1 Å². The van der Waals surface area contributed by atoms with Crippen molar-refractivity contribution in [3.05, 3.63) is 112 Å². The Morgan fingerprint density at radius 3 is 1.62 bits per heavy atom. The van der Waals surface area contributed by atoms with Gasteiger partial charge in [0, 0.05) is 70.1 Å². The van der Waals surface area contributed by atoms with Gasteiger partial charge in [-0.1, -0.05) is 46.9 Å². The predicted octanol–water partition coefficient (Wildman–Crippen LogP) is 7.59. The molecule has 0 saturated heterocycles. The lowest BCUT2D eigenvalue weighted by molar-refractivity contribution is -0.275. The van der Waals surface area contributed by atoms with Crippen molar-refractivity contribution in [2.24, 2.45) is 21.1 Å². The van der Waals surface area contributed by atoms with Gasteiger partial charge in [0.2, 0.25) is 0 Å². The quantitative estimate of drug-likeness (QED) is 0.0400. The molecule has 0 atom stereocenters. The van der Waals surface area contributed by atoms with E-state index in [0.717, 1.165) is 9.13 Å². The second kappa shape index (κ2) is 21.9. The smallest absolute Gasteiger partial charge is 0.466 e. The van der Waals surface area contributed by atoms with Gasteiger partial charge < -0.3 is 23.5 Å². The third-order valence-corrected chi connectivity index (χ3v) is 11.1. The minimum absolute atomic E-state index is 0.0295. The summed E-state index contributed by atoms with van der Waals surface area (Å²) in [5.74, 6) is -1.72. The summed E-state index contributed by atoms with van der Waals surface area (Å²) < 4.78 is 100. The SMILES string of the molecule is CC(=O)OCCCn1c(=O)c2c(c(Br)c(-c3cccc(OC(F)(F)F)c3)n2C)n(C)c1=O.CC(=O)OCCCn1c(=O)c2c(n(C)c1=O)C(Br)=C(c1cccc(OC(F)(F)F)c1)C2.CI. The van der Waals surface area contributed by atoms with Crippen molar-refractivity contribution in [3.63, 3.8) is 0 Å². The van der Waals surface area contributed by atoms with E-state index in [1.54, 1.807) is 19.2 Å². The van der Waals surface area contributed by atoms with Gasteiger partial charge in [-0.25, -0.2) is 9.59 Å². The molecule has 0 saturated carbocycles. The van der Waals surface area contributed by atoms with E-state index in [0.29, 0.717) is 48.1 Å². The Labute approximate surface area is 395 Å². The molecule has 0 N–H and O–H groups in total. The number of hydrogen-bond donors (Lipinski definition) is 0. The van der Waals surface area contributed by atoms with Crippen LogP contribution in [0.15, 0.2) is 72.2 Å². The lowest BCUT2D eigenvalue weighted by Crippen LogP contribution is -2.42. The molecule has 6 rings (SSSR count). The van der Waals surface area contributed by atoms with Gasteiger partial charge in [-0.05, 0) is 85.0 Å². The molecule has 0 radical (unpaired) electrons. The van der Waals surface area contributed by atoms with E-state index in [-0.39, 0.29) is 56.8 Å². The molecule has 2 aromatic carbocycles. The molecular weight excluding hydrogens is 1120 g/mol. The fraction of sp³-hybridized carbons (Fsp3) is 0.366. The molecule has 5 aromatic rings. The van der Waals surface area contributed by atoms with Crippen molar-refractivity contribution >= 4 is 87.5 Å². The van der Waals surface area contributed by atoms with Crippen molar-refractivity contribution in [3.8, 4) is 22.8 Å². The molecule has 0 bridgehead atoms. The number of hydrogen-bond acceptors (Lipinski definition) is 10. The van der Waals surface area contributed by atoms with Gasteiger partial charge in [-0.15, -0.1) is 26.3 Å². The second-order valence-electron chi connectivity index (χ2n) is 13.9. The highest BCUT2D eigenvalue weighted by atomic mass is 127. The van der Waals surface area contributed by atoms with Crippen LogP contribution in [0.25, 0.3) is 32.3 Å². The Balaban J connectivity index is 0.000000274. The average molecular weight is 1160 g/mol. The first-order valence-electron chi connectivity index (χ1n) is 19.0. The summed E-state index contributed by atoms with van der Waals surface area (Å²) >= 11 is 8.95. The van der Waals surface area contributed by atoms with Crippen molar-refractivity contribution in [1.29, 1.82) is 0 Å². The normalized spacial score (nSPS) is 12.2. The zero-order valence-corrected chi connectivity index (χ0v) is 40.6. The van der Waals surface area contributed by atoms with Gasteiger partial charge in [-0.3, -0.25) is 37.4 Å². The van der Waals surface area contributed by atoms with Gasteiger partial charge in [0.15, 0.2) is 0 Å². The highest BCUT2D eigenvalue weighted by molar-refractivity contribution is 14.1. The summed E-state index contributed by atoms with van der Waals surface area (Å²) in [5, 5.41) is 0. The number of fused-ring (bicyclic) bond motifs is 2. The van der Waals surface area contributed by atoms with Crippen LogP contribution in [-0.2, 0) is 59.7 Å². The standard InChI is InChI=1S/C20H19BrF3N3O5.C20H18BrF3N2O5.CH3I/c1-11(28)31-9-5-8-27-18(29)17-16(26(3)19(27)30)14(21)15(25(17)2)12-6-4-7-13(10-12)32-20(22,23)24;1-11(27)30-8-4-7-26-18(28)15-10-14(16(21)17(15)25(2)19(26)29)12-5-3-6-13(9-12)31-20(22,23)24;1-2/h4,6-7,10H,5,8-9H2,1-3H3;3,5-6,9H,4,7-8,10H2,1-2H3;1H3. The molecule has 0 spiro atoms. The minimum atomic E-state index is -4.85. The number of carbonyl (C=O) groups is 2. The number of nitrogens with zero attached hydrogens (tertiary/aromatic N) is 5. The first-order chi connectivity index (χ1) is 30.4. The predicted molar refractivity (Wildman–Crippen MR) is 243 cm³/mol. The summed E-state index contributed by atoms with van der Waals surface area (Å²) in [6.07, 6.45) is -9.01. The highest BCUT2D eigenvalue weighted by Gasteiger charge is 2.33. The average Bonchev–Trinajstić information content (AvgIpc) is 3.70. The van der Waals surface area contributed by atoms with Crippen LogP contribution >= 0.6 is 54.5 Å². The van der Waals surface area contributed by atoms with E-state index in [2.05, 4.69) is 63.9 Å². The van der Waals surface area contributed by atoms with Gasteiger partial charge in [0.05, 0.1) is 34.6 Å². The van der Waals surface area contributed by atoms with Crippen molar-refractivity contribution in [2.45, 2.75) is 58.9 Å². The van der Waals surface area contributed by atoms with Gasteiger partial charge in [0.25, 0.3) is 11.1 Å². The van der Waals surface area contributed by atoms with Crippen molar-refractivity contribution < 1.29 is 54.9 Å². The van der Waals surface area contributed by atoms with Crippen LogP contribution in [0.1, 0.15) is 43.5 Å². The van der Waals surface area contributed by atoms with Crippen LogP contribution in [0.5, 0.6) is 11.5 Å². The molecule has 1 aliphatic rings. The van der Waals surface area contributed by atoms with Crippen molar-refractivity contribution in [1.82, 2.24) is 22.8 Å². The van der Waals surface area contributed by atoms with Gasteiger partial charge in [-0.2, -0.15) is 0 Å². The van der Waals surface area contributed by atoms with Gasteiger partial charge in [0.1, 0.15) is 17.0 Å². The number of esters is 2. The molecule has 3 aromatic heterocycles. The summed E-state index contributed by atoms with van der Waals surface area (Å²) in [4.78, 5) is 75.3. The maximum absolute atomic E-state index is 13.1. The Morgan fingerprint density at radius 2 is 1.12 bits per heavy atom. The molecule has 0 amide bonds. The van der Waals surface area contributed by atoms with Crippen LogP contribution < -0.4 is 32.0 Å². The summed E-state index contributed by atoms with van der Waals surface area (Å²) in [6, 6.07) is 10.7. The first kappa shape index (κ1) is 52.5. The number of alkyl halides is 7. The van der Waals surface area contributed by atoms with Crippen LogP contribution in [-0.4, -0.2) is 65.6 Å². The Bertz CT molecular complexity index is 2880. The van der Waals surface area contributed by atoms with Gasteiger partial charge >= 0.3 is 36.0 Å². The number of allylic oxidation sites excluding steroid dienone is 1. The molecular formula is C41H40Br2F6IN5O10. The number of benzene rings is 2. The third-order valence-electron chi connectivity index (χ3n) is 9.50. The molecule has 15 nitrogen and oxygen atoms in total. The van der Waals surface area contributed by atoms with Crippen LogP contribution in [0, 0.1) is 0 Å². The molecule has 65 heavy (non-hydrogen) atoms. The zero-order valence-electron chi connectivity index (χ0n) is 35.3. The third kappa shape index (κ3) is 12.6. The van der Waals surface area contributed by atoms with E-state index < -0.39 is 52.9 Å². The monoisotopic (exact) mass is 1160 g/mol. The zero-order chi connectivity index (χ0) is 48.7. The minimum Gasteiger partial charge on any atom is -0.466 e. The Morgan fingerprint density at radius 1 is 0.662 bits per heavy atom. The number of rotatable bonds is 12. The molecule has 0 fully saturated rings. The van der Waals surface area contributed by atoms with Crippen LogP contribution in [0.2, 0.25) is 0 Å². The van der Waals surface area contributed by atoms with E-state index in [4.69, 9.17) is 9.47 Å². The lowest BCUT2D eigenvalue weighted by Gasteiger charge is -2.12. The Kier molecular flexibility index (Phi) is 17.7. The molecule has 3 heterocycles. The van der Waals surface area contributed by atoms with E-state index in [9.17, 15) is 55.1 Å². The van der Waals surface area contributed by atoms with E-state index >= 15 is 0 Å². The number of halogens is 9. The molecule has 0 aliphatic heterocycles. The second-order valence-corrected chi connectivity index (χ2v) is 15.4. The van der Waals surface area contributed by atoms with E-state index in [1.807, 2.05) is 4.93 Å². The molecule has 0 unspecified atom stereocenters.